The van der Waals surface area contributed by atoms with Gasteiger partial charge >= 0.3 is 5.69 Å². The molecule has 1 heterocycles. The van der Waals surface area contributed by atoms with Crippen LogP contribution in [0.2, 0.25) is 0 Å². The average molecular weight is 392 g/mol. The van der Waals surface area contributed by atoms with Gasteiger partial charge in [-0.05, 0) is 37.3 Å². The van der Waals surface area contributed by atoms with Crippen LogP contribution in [-0.2, 0) is 17.9 Å². The minimum Gasteiger partial charge on any atom is -0.322 e. The van der Waals surface area contributed by atoms with Gasteiger partial charge in [0.1, 0.15) is 12.4 Å². The van der Waals surface area contributed by atoms with Gasteiger partial charge in [-0.15, -0.1) is 0 Å². The highest BCUT2D eigenvalue weighted by Gasteiger charge is 2.15. The second-order valence-corrected chi connectivity index (χ2v) is 6.19. The maximum absolute atomic E-state index is 13.8. The quantitative estimate of drug-likeness (QED) is 0.741. The third-order valence-electron chi connectivity index (χ3n) is 3.75. The lowest BCUT2D eigenvalue weighted by molar-refractivity contribution is -0.116. The van der Waals surface area contributed by atoms with E-state index in [1.54, 1.807) is 16.7 Å². The molecule has 0 saturated carbocycles. The van der Waals surface area contributed by atoms with Gasteiger partial charge in [-0.1, -0.05) is 28.1 Å². The number of halogens is 2. The number of rotatable bonds is 4. The summed E-state index contributed by atoms with van der Waals surface area (Å²) in [6.45, 7) is 2.20. The van der Waals surface area contributed by atoms with Crippen LogP contribution >= 0.6 is 15.9 Å². The van der Waals surface area contributed by atoms with E-state index >= 15 is 0 Å². The van der Waals surface area contributed by atoms with E-state index in [1.165, 1.54) is 16.7 Å². The Labute approximate surface area is 145 Å². The van der Waals surface area contributed by atoms with Crippen LogP contribution in [0.15, 0.2) is 51.7 Å². The zero-order valence-corrected chi connectivity index (χ0v) is 14.5. The number of aryl methyl sites for hydroxylation is 1. The minimum atomic E-state index is -0.541. The van der Waals surface area contributed by atoms with E-state index in [-0.39, 0.29) is 17.9 Å². The molecule has 0 atom stereocenters. The van der Waals surface area contributed by atoms with E-state index in [2.05, 4.69) is 21.2 Å². The van der Waals surface area contributed by atoms with Crippen LogP contribution < -0.4 is 11.0 Å². The van der Waals surface area contributed by atoms with Crippen molar-refractivity contribution >= 4 is 38.6 Å². The van der Waals surface area contributed by atoms with Gasteiger partial charge in [0.2, 0.25) is 5.91 Å². The third kappa shape index (κ3) is 2.99. The Morgan fingerprint density at radius 2 is 1.83 bits per heavy atom. The number of fused-ring (bicyclic) bond motifs is 1. The smallest absolute Gasteiger partial charge is 0.322 e. The molecule has 124 valence electrons. The van der Waals surface area contributed by atoms with Gasteiger partial charge in [0.05, 0.1) is 16.7 Å². The molecule has 3 aromatic rings. The van der Waals surface area contributed by atoms with Gasteiger partial charge in [0.15, 0.2) is 0 Å². The van der Waals surface area contributed by atoms with Crippen LogP contribution in [0.5, 0.6) is 0 Å². The molecule has 3 rings (SSSR count). The van der Waals surface area contributed by atoms with E-state index in [4.69, 9.17) is 0 Å². The van der Waals surface area contributed by atoms with E-state index in [0.29, 0.717) is 16.5 Å². The highest BCUT2D eigenvalue weighted by molar-refractivity contribution is 9.10. The molecule has 0 bridgehead atoms. The Morgan fingerprint density at radius 1 is 1.17 bits per heavy atom. The van der Waals surface area contributed by atoms with Crippen molar-refractivity contribution in [3.05, 3.63) is 63.2 Å². The molecule has 1 amide bonds. The molecule has 0 saturated heterocycles. The first kappa shape index (κ1) is 16.4. The maximum atomic E-state index is 13.8. The normalized spacial score (nSPS) is 11.0. The molecule has 0 aliphatic carbocycles. The van der Waals surface area contributed by atoms with Crippen molar-refractivity contribution in [3.8, 4) is 0 Å². The molecule has 2 aromatic carbocycles. The molecule has 1 N–H and O–H groups in total. The van der Waals surface area contributed by atoms with Crippen molar-refractivity contribution in [3.63, 3.8) is 0 Å². The number of imidazole rings is 1. The number of benzene rings is 2. The van der Waals surface area contributed by atoms with Gasteiger partial charge in [-0.3, -0.25) is 13.9 Å². The summed E-state index contributed by atoms with van der Waals surface area (Å²) in [5.41, 5.74) is 1.27. The predicted octanol–water partition coefficient (Wildman–Crippen LogP) is 3.36. The van der Waals surface area contributed by atoms with Crippen LogP contribution in [0, 0.1) is 5.82 Å². The summed E-state index contributed by atoms with van der Waals surface area (Å²) < 4.78 is 17.4. The van der Waals surface area contributed by atoms with Crippen LogP contribution in [0.1, 0.15) is 6.92 Å². The summed E-state index contributed by atoms with van der Waals surface area (Å²) in [4.78, 5) is 24.7. The Morgan fingerprint density at radius 3 is 2.46 bits per heavy atom. The number of nitrogens with zero attached hydrogens (tertiary/aromatic N) is 2. The van der Waals surface area contributed by atoms with Crippen molar-refractivity contribution in [2.24, 2.45) is 0 Å². The summed E-state index contributed by atoms with van der Waals surface area (Å²) in [7, 11) is 0. The van der Waals surface area contributed by atoms with Crippen molar-refractivity contribution in [2.75, 3.05) is 5.32 Å². The standard InChI is InChI=1S/C17H15BrFN3O2/c1-2-21-14-5-3-4-6-15(14)22(17(21)24)10-16(23)20-13-8-7-11(18)9-12(13)19/h3-9H,2,10H2,1H3,(H,20,23). The number of hydrogen-bond donors (Lipinski definition) is 1. The van der Waals surface area contributed by atoms with Gasteiger partial charge < -0.3 is 5.32 Å². The number of carbonyl (C=O) groups excluding carboxylic acids is 1. The number of nitrogens with one attached hydrogen (secondary N) is 1. The molecule has 5 nitrogen and oxygen atoms in total. The average Bonchev–Trinajstić information content (AvgIpc) is 2.82. The minimum absolute atomic E-state index is 0.0791. The summed E-state index contributed by atoms with van der Waals surface area (Å²) >= 11 is 3.16. The SMILES string of the molecule is CCn1c(=O)n(CC(=O)Nc2ccc(Br)cc2F)c2ccccc21. The molecule has 1 aromatic heterocycles. The number of anilines is 1. The van der Waals surface area contributed by atoms with Gasteiger partial charge in [-0.2, -0.15) is 0 Å². The number of carbonyl (C=O) groups is 1. The van der Waals surface area contributed by atoms with E-state index in [0.717, 1.165) is 5.52 Å². The molecule has 24 heavy (non-hydrogen) atoms. The zero-order valence-electron chi connectivity index (χ0n) is 12.9. The van der Waals surface area contributed by atoms with Gasteiger partial charge in [0, 0.05) is 11.0 Å². The molecule has 7 heteroatoms. The second-order valence-electron chi connectivity index (χ2n) is 5.27. The Hall–Kier alpha value is -2.41. The first-order valence-electron chi connectivity index (χ1n) is 7.44. The monoisotopic (exact) mass is 391 g/mol. The fraction of sp³-hybridized carbons (Fsp3) is 0.176. The summed E-state index contributed by atoms with van der Waals surface area (Å²) in [5.74, 6) is -1.00. The Balaban J connectivity index is 1.91. The Bertz CT molecular complexity index is 978. The van der Waals surface area contributed by atoms with Crippen molar-refractivity contribution < 1.29 is 9.18 Å². The highest BCUT2D eigenvalue weighted by Crippen LogP contribution is 2.19. The van der Waals surface area contributed by atoms with E-state index < -0.39 is 11.7 Å². The first-order valence-corrected chi connectivity index (χ1v) is 8.23. The molecule has 0 fully saturated rings. The van der Waals surface area contributed by atoms with Crippen molar-refractivity contribution in [1.29, 1.82) is 0 Å². The largest absolute Gasteiger partial charge is 0.329 e. The number of aromatic nitrogens is 2. The summed E-state index contributed by atoms with van der Waals surface area (Å²) in [6, 6.07) is 11.6. The third-order valence-corrected chi connectivity index (χ3v) is 4.24. The summed E-state index contributed by atoms with van der Waals surface area (Å²) in [5, 5.41) is 2.50. The van der Waals surface area contributed by atoms with Crippen LogP contribution in [0.3, 0.4) is 0 Å². The van der Waals surface area contributed by atoms with Crippen molar-refractivity contribution in [1.82, 2.24) is 9.13 Å². The number of amides is 1. The lowest BCUT2D eigenvalue weighted by atomic mass is 10.3. The summed E-state index contributed by atoms with van der Waals surface area (Å²) in [6.07, 6.45) is 0. The number of hydrogen-bond acceptors (Lipinski definition) is 2. The molecule has 0 aliphatic rings. The highest BCUT2D eigenvalue weighted by atomic mass is 79.9. The maximum Gasteiger partial charge on any atom is 0.329 e. The Kier molecular flexibility index (Phi) is 4.53. The molecule has 0 spiro atoms. The molecular weight excluding hydrogens is 377 g/mol. The fourth-order valence-electron chi connectivity index (χ4n) is 2.66. The first-order chi connectivity index (χ1) is 11.5. The molecule has 0 aliphatic heterocycles. The molecule has 0 radical (unpaired) electrons. The van der Waals surface area contributed by atoms with Gasteiger partial charge in [0.25, 0.3) is 0 Å². The fourth-order valence-corrected chi connectivity index (χ4v) is 2.99. The number of para-hydroxylation sites is 2. The lowest BCUT2D eigenvalue weighted by Gasteiger charge is -2.07. The predicted molar refractivity (Wildman–Crippen MR) is 94.6 cm³/mol. The molecular formula is C17H15BrFN3O2. The second kappa shape index (κ2) is 6.60. The topological polar surface area (TPSA) is 56.0 Å². The van der Waals surface area contributed by atoms with Gasteiger partial charge in [-0.25, -0.2) is 9.18 Å². The van der Waals surface area contributed by atoms with E-state index in [9.17, 15) is 14.0 Å². The van der Waals surface area contributed by atoms with E-state index in [1.807, 2.05) is 25.1 Å². The van der Waals surface area contributed by atoms with Crippen LogP contribution in [0.4, 0.5) is 10.1 Å². The van der Waals surface area contributed by atoms with Crippen LogP contribution in [-0.4, -0.2) is 15.0 Å². The zero-order chi connectivity index (χ0) is 17.3. The van der Waals surface area contributed by atoms with Crippen LogP contribution in [0.25, 0.3) is 11.0 Å². The molecule has 0 unspecified atom stereocenters. The van der Waals surface area contributed by atoms with Crippen molar-refractivity contribution in [2.45, 2.75) is 20.0 Å². The lowest BCUT2D eigenvalue weighted by Crippen LogP contribution is -2.29.